The highest BCUT2D eigenvalue weighted by Gasteiger charge is 2.53. The first kappa shape index (κ1) is 46.4. The molecule has 2 aliphatic heterocycles. The van der Waals surface area contributed by atoms with Gasteiger partial charge in [-0.2, -0.15) is 0 Å². The molecule has 0 unspecified atom stereocenters. The highest BCUT2D eigenvalue weighted by molar-refractivity contribution is 5.96. The van der Waals surface area contributed by atoms with Gasteiger partial charge in [0, 0.05) is 24.2 Å². The van der Waals surface area contributed by atoms with Crippen molar-refractivity contribution in [2.45, 2.75) is 102 Å². The summed E-state index contributed by atoms with van der Waals surface area (Å²) in [5, 5.41) is 5.42. The van der Waals surface area contributed by atoms with E-state index in [1.165, 1.54) is 9.80 Å². The Morgan fingerprint density at radius 3 is 1.17 bits per heavy atom. The van der Waals surface area contributed by atoms with E-state index in [0.717, 1.165) is 0 Å². The fourth-order valence-corrected chi connectivity index (χ4v) is 8.46. The van der Waals surface area contributed by atoms with E-state index in [1.807, 2.05) is 0 Å². The van der Waals surface area contributed by atoms with Crippen molar-refractivity contribution in [3.8, 4) is 11.8 Å². The molecule has 4 aromatic carbocycles. The van der Waals surface area contributed by atoms with Gasteiger partial charge in [-0.1, -0.05) is 96.8 Å². The van der Waals surface area contributed by atoms with E-state index in [4.69, 9.17) is 20.9 Å². The first-order valence-electron chi connectivity index (χ1n) is 21.3. The third kappa shape index (κ3) is 10.0. The number of carbonyl (C=O) groups is 6. The van der Waals surface area contributed by atoms with Crippen molar-refractivity contribution < 1.29 is 38.2 Å². The quantitative estimate of drug-likeness (QED) is 0.134. The maximum absolute atomic E-state index is 14.4. The molecule has 0 spiro atoms. The van der Waals surface area contributed by atoms with E-state index in [9.17, 15) is 28.8 Å². The molecule has 2 fully saturated rings. The topological polar surface area (TPSA) is 203 Å². The summed E-state index contributed by atoms with van der Waals surface area (Å²) in [6.07, 6.45) is 0.00563. The van der Waals surface area contributed by atoms with E-state index in [0.29, 0.717) is 46.2 Å². The third-order valence-corrected chi connectivity index (χ3v) is 11.3. The average molecular weight is 869 g/mol. The van der Waals surface area contributed by atoms with Gasteiger partial charge in [-0.15, -0.1) is 0 Å². The summed E-state index contributed by atoms with van der Waals surface area (Å²) in [5.41, 5.74) is 11.0. The number of ether oxygens (including phenoxy) is 2. The molecule has 14 nitrogen and oxygen atoms in total. The minimum absolute atomic E-state index is 0.234. The van der Waals surface area contributed by atoms with Gasteiger partial charge >= 0.3 is 12.2 Å². The molecule has 6 rings (SSSR count). The SMILES string of the molecule is CC(C)(C)OC(=O)N[C@H](C(=O)N1CCC[C@@]1(C(N)=O)c1ccc(C#Cc2ccc([C@]3(C(N)=O)CCCN3C(=O)[C@@H](NC(=O)OC(C)(C)C)c3ccccc3)cc2)cc1)c1ccccc1. The number of carbonyl (C=O) groups excluding carboxylic acids is 6. The molecule has 4 aromatic rings. The van der Waals surface area contributed by atoms with Crippen molar-refractivity contribution in [2.75, 3.05) is 13.1 Å². The van der Waals surface area contributed by atoms with E-state index in [2.05, 4.69) is 22.5 Å². The average Bonchev–Trinajstić information content (AvgIpc) is 3.91. The number of hydrogen-bond acceptors (Lipinski definition) is 8. The Balaban J connectivity index is 1.23. The van der Waals surface area contributed by atoms with Crippen LogP contribution in [0.25, 0.3) is 0 Å². The first-order chi connectivity index (χ1) is 30.2. The molecule has 0 saturated carbocycles. The number of nitrogens with two attached hydrogens (primary N) is 2. The number of nitrogens with zero attached hydrogens (tertiary/aromatic N) is 2. The summed E-state index contributed by atoms with van der Waals surface area (Å²) < 4.78 is 11.0. The molecule has 2 aliphatic rings. The summed E-state index contributed by atoms with van der Waals surface area (Å²) in [6.45, 7) is 10.8. The van der Waals surface area contributed by atoms with Gasteiger partial charge in [-0.3, -0.25) is 19.2 Å². The lowest BCUT2D eigenvalue weighted by atomic mass is 9.85. The number of benzene rings is 4. The Morgan fingerprint density at radius 2 is 0.875 bits per heavy atom. The zero-order valence-corrected chi connectivity index (χ0v) is 37.1. The van der Waals surface area contributed by atoms with E-state index in [1.54, 1.807) is 151 Å². The van der Waals surface area contributed by atoms with Crippen molar-refractivity contribution in [1.29, 1.82) is 0 Å². The molecule has 6 amide bonds. The number of rotatable bonds is 10. The molecule has 6 N–H and O–H groups in total. The second-order valence-corrected chi connectivity index (χ2v) is 18.0. The maximum Gasteiger partial charge on any atom is 0.408 e. The van der Waals surface area contributed by atoms with Gasteiger partial charge in [0.2, 0.25) is 11.8 Å². The Labute approximate surface area is 374 Å². The van der Waals surface area contributed by atoms with Crippen molar-refractivity contribution in [3.05, 3.63) is 143 Å². The smallest absolute Gasteiger partial charge is 0.408 e. The van der Waals surface area contributed by atoms with Crippen molar-refractivity contribution in [2.24, 2.45) is 11.5 Å². The van der Waals surface area contributed by atoms with Crippen LogP contribution in [0.2, 0.25) is 0 Å². The standard InChI is InChI=1S/C50H56N6O8/c1-47(2,3)63-45(61)53-39(35-15-9-7-10-16-35)41(57)55-31-13-29-49(55,43(51)59)37-25-21-33(22-26-37)19-20-34-23-27-38(28-24-34)50(44(52)60)30-14-32-56(50)42(58)40(36-17-11-8-12-18-36)54-46(62)64-48(4,5)6/h7-12,15-18,21-28,39-40H,13-14,29-32H2,1-6H3,(H2,51,59)(H2,52,60)(H,53,61)(H,54,62)/t39-,40-,49-,50-/m0/s1. The number of nitrogens with one attached hydrogen (secondary N) is 2. The second-order valence-electron chi connectivity index (χ2n) is 18.0. The predicted molar refractivity (Wildman–Crippen MR) is 240 cm³/mol. The van der Waals surface area contributed by atoms with Crippen LogP contribution in [0.3, 0.4) is 0 Å². The zero-order valence-electron chi connectivity index (χ0n) is 37.1. The second kappa shape index (κ2) is 18.7. The molecule has 334 valence electrons. The fourth-order valence-electron chi connectivity index (χ4n) is 8.46. The lowest BCUT2D eigenvalue weighted by Gasteiger charge is -2.38. The maximum atomic E-state index is 14.4. The Hall–Kier alpha value is -7.14. The molecule has 0 aromatic heterocycles. The lowest BCUT2D eigenvalue weighted by Crippen LogP contribution is -2.56. The Morgan fingerprint density at radius 1 is 0.547 bits per heavy atom. The van der Waals surface area contributed by atoms with Gasteiger partial charge in [-0.05, 0) is 114 Å². The summed E-state index contributed by atoms with van der Waals surface area (Å²) in [4.78, 5) is 84.5. The molecular formula is C50H56N6O8. The van der Waals surface area contributed by atoms with Gasteiger partial charge in [0.05, 0.1) is 0 Å². The van der Waals surface area contributed by atoms with Gasteiger partial charge in [0.1, 0.15) is 34.4 Å². The van der Waals surface area contributed by atoms with Crippen LogP contribution in [-0.4, -0.2) is 69.9 Å². The number of amides is 6. The summed E-state index contributed by atoms with van der Waals surface area (Å²) in [6, 6.07) is 29.1. The first-order valence-corrected chi connectivity index (χ1v) is 21.3. The fraction of sp³-hybridized carbons (Fsp3) is 0.360. The number of alkyl carbamates (subject to hydrolysis) is 2. The van der Waals surface area contributed by atoms with Crippen LogP contribution in [0.15, 0.2) is 109 Å². The number of primary amides is 2. The van der Waals surface area contributed by atoms with Gasteiger partial charge in [0.25, 0.3) is 11.8 Å². The van der Waals surface area contributed by atoms with Crippen molar-refractivity contribution in [3.63, 3.8) is 0 Å². The van der Waals surface area contributed by atoms with Gasteiger partial charge < -0.3 is 41.4 Å². The summed E-state index contributed by atoms with van der Waals surface area (Å²) in [7, 11) is 0. The third-order valence-electron chi connectivity index (χ3n) is 11.3. The van der Waals surface area contributed by atoms with E-state index < -0.39 is 70.2 Å². The van der Waals surface area contributed by atoms with Crippen LogP contribution in [0.1, 0.15) is 113 Å². The lowest BCUT2D eigenvalue weighted by molar-refractivity contribution is -0.146. The van der Waals surface area contributed by atoms with Gasteiger partial charge in [0.15, 0.2) is 0 Å². The highest BCUT2D eigenvalue weighted by atomic mass is 16.6. The van der Waals surface area contributed by atoms with Crippen LogP contribution in [0, 0.1) is 11.8 Å². The van der Waals surface area contributed by atoms with Crippen LogP contribution in [0.4, 0.5) is 9.59 Å². The molecule has 0 radical (unpaired) electrons. The molecule has 4 atom stereocenters. The molecular weight excluding hydrogens is 813 g/mol. The van der Waals surface area contributed by atoms with E-state index >= 15 is 0 Å². The van der Waals surface area contributed by atoms with Crippen molar-refractivity contribution in [1.82, 2.24) is 20.4 Å². The molecule has 2 saturated heterocycles. The molecule has 2 heterocycles. The van der Waals surface area contributed by atoms with Gasteiger partial charge in [-0.25, -0.2) is 9.59 Å². The Kier molecular flexibility index (Phi) is 13.5. The van der Waals surface area contributed by atoms with Crippen LogP contribution < -0.4 is 22.1 Å². The van der Waals surface area contributed by atoms with Crippen LogP contribution >= 0.6 is 0 Å². The minimum Gasteiger partial charge on any atom is -0.444 e. The molecule has 0 aliphatic carbocycles. The zero-order chi connectivity index (χ0) is 46.5. The normalized spacial score (nSPS) is 19.3. The van der Waals surface area contributed by atoms with Crippen LogP contribution in [0.5, 0.6) is 0 Å². The molecule has 14 heteroatoms. The number of hydrogen-bond donors (Lipinski definition) is 4. The summed E-state index contributed by atoms with van der Waals surface area (Å²) in [5.74, 6) is 3.86. The molecule has 0 bridgehead atoms. The monoisotopic (exact) mass is 868 g/mol. The van der Waals surface area contributed by atoms with Crippen LogP contribution in [-0.2, 0) is 39.7 Å². The highest BCUT2D eigenvalue weighted by Crippen LogP contribution is 2.42. The molecule has 64 heavy (non-hydrogen) atoms. The Bertz CT molecular complexity index is 2270. The predicted octanol–water partition coefficient (Wildman–Crippen LogP) is 6.22. The number of likely N-dealkylation sites (tertiary alicyclic amines) is 2. The van der Waals surface area contributed by atoms with E-state index in [-0.39, 0.29) is 25.9 Å². The largest absolute Gasteiger partial charge is 0.444 e. The minimum atomic E-state index is -1.49. The van der Waals surface area contributed by atoms with Crippen molar-refractivity contribution >= 4 is 35.8 Å². The summed E-state index contributed by atoms with van der Waals surface area (Å²) >= 11 is 0.